The average molecular weight is 314 g/mol. The third-order valence-corrected chi connectivity index (χ3v) is 3.54. The number of benzene rings is 1. The summed E-state index contributed by atoms with van der Waals surface area (Å²) in [6, 6.07) is 5.44. The Morgan fingerprint density at radius 2 is 2.05 bits per heavy atom. The second-order valence-corrected chi connectivity index (χ2v) is 5.77. The van der Waals surface area contributed by atoms with Crippen LogP contribution in [0.4, 0.5) is 0 Å². The van der Waals surface area contributed by atoms with E-state index in [9.17, 15) is 0 Å². The Balaban J connectivity index is 2.35. The molecule has 0 fully saturated rings. The number of tetrazole rings is 1. The average Bonchev–Trinajstić information content (AvgIpc) is 2.78. The van der Waals surface area contributed by atoms with Gasteiger partial charge >= 0.3 is 0 Å². The molecular weight excluding hydrogens is 297 g/mol. The highest BCUT2D eigenvalue weighted by Gasteiger charge is 2.20. The molecule has 1 unspecified atom stereocenters. The molecule has 0 saturated carbocycles. The summed E-state index contributed by atoms with van der Waals surface area (Å²) in [5, 5.41) is 13.6. The van der Waals surface area contributed by atoms with Gasteiger partial charge in [-0.05, 0) is 56.9 Å². The highest BCUT2D eigenvalue weighted by molar-refractivity contribution is 6.35. The van der Waals surface area contributed by atoms with Gasteiger partial charge in [-0.3, -0.25) is 0 Å². The summed E-state index contributed by atoms with van der Waals surface area (Å²) in [7, 11) is 4.06. The number of nitrogens with zero attached hydrogens (tertiary/aromatic N) is 5. The summed E-state index contributed by atoms with van der Waals surface area (Å²) in [5.74, 6) is 0.643. The van der Waals surface area contributed by atoms with Crippen molar-refractivity contribution in [2.24, 2.45) is 0 Å². The van der Waals surface area contributed by atoms with Crippen molar-refractivity contribution in [3.8, 4) is 0 Å². The van der Waals surface area contributed by atoms with Gasteiger partial charge in [0.1, 0.15) is 6.04 Å². The van der Waals surface area contributed by atoms with E-state index in [1.807, 2.05) is 33.2 Å². The van der Waals surface area contributed by atoms with Crippen LogP contribution < -0.4 is 0 Å². The maximum Gasteiger partial charge on any atom is 0.171 e. The van der Waals surface area contributed by atoms with Crippen molar-refractivity contribution in [3.05, 3.63) is 39.6 Å². The summed E-state index contributed by atoms with van der Waals surface area (Å²) in [6.45, 7) is 2.71. The van der Waals surface area contributed by atoms with Gasteiger partial charge in [0, 0.05) is 10.0 Å². The molecule has 7 heteroatoms. The summed E-state index contributed by atoms with van der Waals surface area (Å²) in [6.07, 6.45) is 0.837. The minimum atomic E-state index is -0.0524. The third kappa shape index (κ3) is 3.69. The molecular formula is C13H17Cl2N5. The SMILES string of the molecule is Cc1nnn(C(CCN(C)C)c2ccc(Cl)cc2Cl)n1. The van der Waals surface area contributed by atoms with Gasteiger partial charge in [-0.2, -0.15) is 4.80 Å². The molecule has 0 aliphatic carbocycles. The zero-order valence-corrected chi connectivity index (χ0v) is 13.2. The monoisotopic (exact) mass is 313 g/mol. The van der Waals surface area contributed by atoms with Crippen LogP contribution in [0.1, 0.15) is 23.9 Å². The Morgan fingerprint density at radius 3 is 2.60 bits per heavy atom. The van der Waals surface area contributed by atoms with Crippen LogP contribution in [0.5, 0.6) is 0 Å². The molecule has 5 nitrogen and oxygen atoms in total. The second kappa shape index (κ2) is 6.52. The molecule has 1 aromatic carbocycles. The van der Waals surface area contributed by atoms with Crippen LogP contribution >= 0.6 is 23.2 Å². The quantitative estimate of drug-likeness (QED) is 0.851. The number of aryl methyl sites for hydroxylation is 1. The van der Waals surface area contributed by atoms with Gasteiger partial charge in [0.25, 0.3) is 0 Å². The topological polar surface area (TPSA) is 46.8 Å². The molecule has 2 aromatic rings. The predicted octanol–water partition coefficient (Wildman–Crippen LogP) is 2.83. The lowest BCUT2D eigenvalue weighted by Gasteiger charge is -2.19. The van der Waals surface area contributed by atoms with Crippen molar-refractivity contribution < 1.29 is 0 Å². The Kier molecular flexibility index (Phi) is 4.96. The lowest BCUT2D eigenvalue weighted by Crippen LogP contribution is -2.21. The number of hydrogen-bond donors (Lipinski definition) is 0. The number of rotatable bonds is 5. The molecule has 0 aliphatic rings. The predicted molar refractivity (Wildman–Crippen MR) is 80.3 cm³/mol. The first-order chi connectivity index (χ1) is 9.47. The number of aromatic nitrogens is 4. The standard InChI is InChI=1S/C13H17Cl2N5/c1-9-16-18-20(17-9)13(6-7-19(2)3)11-5-4-10(14)8-12(11)15/h4-5,8,13H,6-7H2,1-3H3. The van der Waals surface area contributed by atoms with Crippen LogP contribution in [0.2, 0.25) is 10.0 Å². The smallest absolute Gasteiger partial charge is 0.171 e. The Hall–Kier alpha value is -1.17. The van der Waals surface area contributed by atoms with E-state index >= 15 is 0 Å². The molecule has 2 rings (SSSR count). The highest BCUT2D eigenvalue weighted by Crippen LogP contribution is 2.30. The maximum atomic E-state index is 6.31. The summed E-state index contributed by atoms with van der Waals surface area (Å²) in [5.41, 5.74) is 0.954. The Labute approximate surface area is 128 Å². The van der Waals surface area contributed by atoms with Crippen molar-refractivity contribution in [2.45, 2.75) is 19.4 Å². The van der Waals surface area contributed by atoms with Crippen LogP contribution in [0, 0.1) is 6.92 Å². The minimum absolute atomic E-state index is 0.0524. The minimum Gasteiger partial charge on any atom is -0.309 e. The first-order valence-corrected chi connectivity index (χ1v) is 7.08. The Morgan fingerprint density at radius 1 is 1.30 bits per heavy atom. The number of halogens is 2. The summed E-state index contributed by atoms with van der Waals surface area (Å²) in [4.78, 5) is 3.73. The van der Waals surface area contributed by atoms with Crippen LogP contribution in [0.25, 0.3) is 0 Å². The highest BCUT2D eigenvalue weighted by atomic mass is 35.5. The molecule has 0 bridgehead atoms. The molecule has 0 saturated heterocycles. The van der Waals surface area contributed by atoms with Crippen molar-refractivity contribution in [1.29, 1.82) is 0 Å². The molecule has 1 heterocycles. The van der Waals surface area contributed by atoms with E-state index < -0.39 is 0 Å². The van der Waals surface area contributed by atoms with E-state index in [0.29, 0.717) is 15.9 Å². The van der Waals surface area contributed by atoms with Crippen LogP contribution in [-0.4, -0.2) is 45.7 Å². The molecule has 0 aliphatic heterocycles. The fourth-order valence-corrected chi connectivity index (χ4v) is 2.51. The molecule has 1 aromatic heterocycles. The zero-order valence-electron chi connectivity index (χ0n) is 11.7. The second-order valence-electron chi connectivity index (χ2n) is 4.93. The van der Waals surface area contributed by atoms with Gasteiger partial charge in [-0.25, -0.2) is 0 Å². The molecule has 0 amide bonds. The summed E-state index contributed by atoms with van der Waals surface area (Å²) < 4.78 is 0. The fourth-order valence-electron chi connectivity index (χ4n) is 1.98. The van der Waals surface area contributed by atoms with Gasteiger partial charge in [0.2, 0.25) is 0 Å². The molecule has 0 radical (unpaired) electrons. The van der Waals surface area contributed by atoms with Crippen molar-refractivity contribution in [2.75, 3.05) is 20.6 Å². The van der Waals surface area contributed by atoms with Crippen LogP contribution in [0.15, 0.2) is 18.2 Å². The van der Waals surface area contributed by atoms with Gasteiger partial charge in [0.05, 0.1) is 0 Å². The van der Waals surface area contributed by atoms with E-state index in [1.165, 1.54) is 0 Å². The molecule has 108 valence electrons. The lowest BCUT2D eigenvalue weighted by molar-refractivity contribution is 0.339. The maximum absolute atomic E-state index is 6.31. The van der Waals surface area contributed by atoms with E-state index in [0.717, 1.165) is 18.5 Å². The van der Waals surface area contributed by atoms with Gasteiger partial charge in [-0.15, -0.1) is 10.2 Å². The van der Waals surface area contributed by atoms with E-state index in [1.54, 1.807) is 10.9 Å². The lowest BCUT2D eigenvalue weighted by atomic mass is 10.0. The van der Waals surface area contributed by atoms with Crippen molar-refractivity contribution >= 4 is 23.2 Å². The first-order valence-electron chi connectivity index (χ1n) is 6.33. The fraction of sp³-hybridized carbons (Fsp3) is 0.462. The van der Waals surface area contributed by atoms with Gasteiger partial charge in [0.15, 0.2) is 5.82 Å². The summed E-state index contributed by atoms with van der Waals surface area (Å²) >= 11 is 12.3. The van der Waals surface area contributed by atoms with E-state index in [-0.39, 0.29) is 6.04 Å². The van der Waals surface area contributed by atoms with Gasteiger partial charge in [-0.1, -0.05) is 29.3 Å². The van der Waals surface area contributed by atoms with E-state index in [4.69, 9.17) is 23.2 Å². The van der Waals surface area contributed by atoms with Crippen LogP contribution in [-0.2, 0) is 0 Å². The number of hydrogen-bond acceptors (Lipinski definition) is 4. The van der Waals surface area contributed by atoms with Gasteiger partial charge < -0.3 is 4.90 Å². The molecule has 0 N–H and O–H groups in total. The third-order valence-electron chi connectivity index (χ3n) is 2.98. The largest absolute Gasteiger partial charge is 0.309 e. The molecule has 20 heavy (non-hydrogen) atoms. The first kappa shape index (κ1) is 15.2. The normalized spacial score (nSPS) is 12.9. The van der Waals surface area contributed by atoms with Crippen molar-refractivity contribution in [3.63, 3.8) is 0 Å². The van der Waals surface area contributed by atoms with Crippen LogP contribution in [0.3, 0.4) is 0 Å². The zero-order chi connectivity index (χ0) is 14.7. The van der Waals surface area contributed by atoms with Crippen molar-refractivity contribution in [1.82, 2.24) is 25.1 Å². The molecule has 0 spiro atoms. The molecule has 1 atom stereocenters. The Bertz CT molecular complexity index is 582. The van der Waals surface area contributed by atoms with E-state index in [2.05, 4.69) is 20.3 Å².